The van der Waals surface area contributed by atoms with E-state index in [1.807, 2.05) is 6.92 Å². The molecule has 0 radical (unpaired) electrons. The molecular weight excluding hydrogens is 304 g/mol. The topological polar surface area (TPSA) is 98.5 Å². The minimum Gasteiger partial charge on any atom is -0.496 e. The van der Waals surface area contributed by atoms with Crippen LogP contribution >= 0.6 is 0 Å². The smallest absolute Gasteiger partial charge is 0.255 e. The maximum atomic E-state index is 12.2. The summed E-state index contributed by atoms with van der Waals surface area (Å²) in [6.45, 7) is 1.84. The van der Waals surface area contributed by atoms with E-state index < -0.39 is 10.0 Å². The van der Waals surface area contributed by atoms with Gasteiger partial charge < -0.3 is 10.1 Å². The quantitative estimate of drug-likeness (QED) is 0.899. The van der Waals surface area contributed by atoms with Gasteiger partial charge in [-0.05, 0) is 55.0 Å². The van der Waals surface area contributed by atoms with Crippen molar-refractivity contribution in [2.45, 2.75) is 11.8 Å². The molecule has 2 rings (SSSR count). The van der Waals surface area contributed by atoms with Crippen LogP contribution in [0, 0.1) is 6.92 Å². The molecule has 0 unspecified atom stereocenters. The Kier molecular flexibility index (Phi) is 4.48. The molecule has 0 aliphatic rings. The van der Waals surface area contributed by atoms with Crippen molar-refractivity contribution in [3.8, 4) is 5.75 Å². The second kappa shape index (κ2) is 6.17. The minimum atomic E-state index is -3.74. The van der Waals surface area contributed by atoms with E-state index in [4.69, 9.17) is 9.88 Å². The molecule has 2 aromatic carbocycles. The molecule has 0 saturated carbocycles. The molecule has 0 saturated heterocycles. The molecule has 116 valence electrons. The van der Waals surface area contributed by atoms with Crippen LogP contribution in [0.2, 0.25) is 0 Å². The number of hydrogen-bond donors (Lipinski definition) is 2. The van der Waals surface area contributed by atoms with Gasteiger partial charge in [0.25, 0.3) is 5.91 Å². The fourth-order valence-corrected chi connectivity index (χ4v) is 2.47. The molecular formula is C15H16N2O4S. The number of sulfonamides is 1. The number of methoxy groups -OCH3 is 1. The van der Waals surface area contributed by atoms with E-state index in [1.54, 1.807) is 25.3 Å². The van der Waals surface area contributed by atoms with Crippen LogP contribution in [-0.4, -0.2) is 21.4 Å². The SMILES string of the molecule is COc1ccc(C(=O)Nc2ccc(S(N)(=O)=O)cc2)cc1C. The first-order valence-electron chi connectivity index (χ1n) is 6.40. The van der Waals surface area contributed by atoms with E-state index in [-0.39, 0.29) is 10.8 Å². The zero-order valence-electron chi connectivity index (χ0n) is 12.2. The van der Waals surface area contributed by atoms with Crippen LogP contribution in [0.15, 0.2) is 47.4 Å². The maximum absolute atomic E-state index is 12.2. The summed E-state index contributed by atoms with van der Waals surface area (Å²) in [7, 11) is -2.18. The summed E-state index contributed by atoms with van der Waals surface area (Å²) in [5, 5.41) is 7.70. The van der Waals surface area contributed by atoms with Crippen molar-refractivity contribution in [3.63, 3.8) is 0 Å². The van der Waals surface area contributed by atoms with E-state index in [9.17, 15) is 13.2 Å². The highest BCUT2D eigenvalue weighted by Gasteiger charge is 2.10. The second-order valence-electron chi connectivity index (χ2n) is 4.71. The maximum Gasteiger partial charge on any atom is 0.255 e. The van der Waals surface area contributed by atoms with Gasteiger partial charge in [-0.3, -0.25) is 4.79 Å². The third-order valence-electron chi connectivity index (χ3n) is 3.10. The number of hydrogen-bond acceptors (Lipinski definition) is 4. The molecule has 0 aromatic heterocycles. The lowest BCUT2D eigenvalue weighted by Crippen LogP contribution is -2.14. The molecule has 0 bridgehead atoms. The summed E-state index contributed by atoms with van der Waals surface area (Å²) in [5.74, 6) is 0.406. The van der Waals surface area contributed by atoms with E-state index in [0.717, 1.165) is 5.56 Å². The Hall–Kier alpha value is -2.38. The number of aryl methyl sites for hydroxylation is 1. The Balaban J connectivity index is 2.17. The summed E-state index contributed by atoms with van der Waals surface area (Å²) in [5.41, 5.74) is 1.81. The highest BCUT2D eigenvalue weighted by molar-refractivity contribution is 7.89. The molecule has 0 atom stereocenters. The molecule has 3 N–H and O–H groups in total. The third-order valence-corrected chi connectivity index (χ3v) is 4.03. The van der Waals surface area contributed by atoms with Gasteiger partial charge in [-0.25, -0.2) is 13.6 Å². The number of amides is 1. The Bertz CT molecular complexity index is 799. The number of carbonyl (C=O) groups is 1. The number of nitrogens with one attached hydrogen (secondary N) is 1. The average Bonchev–Trinajstić information content (AvgIpc) is 2.46. The number of ether oxygens (including phenoxy) is 1. The fraction of sp³-hybridized carbons (Fsp3) is 0.133. The van der Waals surface area contributed by atoms with Crippen molar-refractivity contribution in [1.29, 1.82) is 0 Å². The van der Waals surface area contributed by atoms with Crippen LogP contribution in [0.5, 0.6) is 5.75 Å². The second-order valence-corrected chi connectivity index (χ2v) is 6.27. The van der Waals surface area contributed by atoms with Gasteiger partial charge in [0.2, 0.25) is 10.0 Å². The Morgan fingerprint density at radius 2 is 1.77 bits per heavy atom. The van der Waals surface area contributed by atoms with Crippen molar-refractivity contribution in [3.05, 3.63) is 53.6 Å². The molecule has 0 fully saturated rings. The highest BCUT2D eigenvalue weighted by Crippen LogP contribution is 2.20. The lowest BCUT2D eigenvalue weighted by molar-refractivity contribution is 0.102. The van der Waals surface area contributed by atoms with Crippen LogP contribution in [-0.2, 0) is 10.0 Å². The Morgan fingerprint density at radius 1 is 1.14 bits per heavy atom. The van der Waals surface area contributed by atoms with Gasteiger partial charge in [-0.1, -0.05) is 0 Å². The standard InChI is InChI=1S/C15H16N2O4S/c1-10-9-11(3-8-14(10)21-2)15(18)17-12-4-6-13(7-5-12)22(16,19)20/h3-9H,1-2H3,(H,17,18)(H2,16,19,20). The first kappa shape index (κ1) is 16.0. The summed E-state index contributed by atoms with van der Waals surface area (Å²) < 4.78 is 27.5. The van der Waals surface area contributed by atoms with E-state index in [2.05, 4.69) is 5.32 Å². The average molecular weight is 320 g/mol. The predicted octanol–water partition coefficient (Wildman–Crippen LogP) is 1.90. The molecule has 0 heterocycles. The zero-order chi connectivity index (χ0) is 16.3. The third kappa shape index (κ3) is 3.63. The Morgan fingerprint density at radius 3 is 2.27 bits per heavy atom. The van der Waals surface area contributed by atoms with Gasteiger partial charge in [-0.2, -0.15) is 0 Å². The number of rotatable bonds is 4. The zero-order valence-corrected chi connectivity index (χ0v) is 13.0. The minimum absolute atomic E-state index is 0.00853. The summed E-state index contributed by atoms with van der Waals surface area (Å²) in [6, 6.07) is 10.7. The Labute approximate surface area is 129 Å². The summed E-state index contributed by atoms with van der Waals surface area (Å²) in [4.78, 5) is 12.1. The van der Waals surface area contributed by atoms with Gasteiger partial charge >= 0.3 is 0 Å². The molecule has 0 spiro atoms. The van der Waals surface area contributed by atoms with Crippen LogP contribution in [0.3, 0.4) is 0 Å². The van der Waals surface area contributed by atoms with E-state index >= 15 is 0 Å². The van der Waals surface area contributed by atoms with Crippen LogP contribution in [0.1, 0.15) is 15.9 Å². The highest BCUT2D eigenvalue weighted by atomic mass is 32.2. The van der Waals surface area contributed by atoms with Gasteiger partial charge in [0.15, 0.2) is 0 Å². The van der Waals surface area contributed by atoms with Crippen LogP contribution < -0.4 is 15.2 Å². The molecule has 6 nitrogen and oxygen atoms in total. The first-order valence-corrected chi connectivity index (χ1v) is 7.95. The van der Waals surface area contributed by atoms with Crippen molar-refractivity contribution in [1.82, 2.24) is 0 Å². The van der Waals surface area contributed by atoms with Crippen molar-refractivity contribution in [2.24, 2.45) is 5.14 Å². The largest absolute Gasteiger partial charge is 0.496 e. The molecule has 1 amide bonds. The molecule has 2 aromatic rings. The van der Waals surface area contributed by atoms with Crippen LogP contribution in [0.25, 0.3) is 0 Å². The van der Waals surface area contributed by atoms with Crippen molar-refractivity contribution in [2.75, 3.05) is 12.4 Å². The number of primary sulfonamides is 1. The molecule has 0 aliphatic heterocycles. The van der Waals surface area contributed by atoms with Gasteiger partial charge in [-0.15, -0.1) is 0 Å². The summed E-state index contributed by atoms with van der Waals surface area (Å²) in [6.07, 6.45) is 0. The normalized spacial score (nSPS) is 11.0. The molecule has 22 heavy (non-hydrogen) atoms. The van der Waals surface area contributed by atoms with Gasteiger partial charge in [0.1, 0.15) is 5.75 Å². The fourth-order valence-electron chi connectivity index (χ4n) is 1.95. The monoisotopic (exact) mass is 320 g/mol. The number of nitrogens with two attached hydrogens (primary N) is 1. The van der Waals surface area contributed by atoms with E-state index in [0.29, 0.717) is 17.0 Å². The van der Waals surface area contributed by atoms with Crippen molar-refractivity contribution >= 4 is 21.6 Å². The number of carbonyl (C=O) groups excluding carboxylic acids is 1. The first-order chi connectivity index (χ1) is 10.3. The van der Waals surface area contributed by atoms with Gasteiger partial charge in [0.05, 0.1) is 12.0 Å². The van der Waals surface area contributed by atoms with Crippen molar-refractivity contribution < 1.29 is 17.9 Å². The number of anilines is 1. The number of benzene rings is 2. The lowest BCUT2D eigenvalue weighted by atomic mass is 10.1. The lowest BCUT2D eigenvalue weighted by Gasteiger charge is -2.09. The predicted molar refractivity (Wildman–Crippen MR) is 83.5 cm³/mol. The van der Waals surface area contributed by atoms with E-state index in [1.165, 1.54) is 24.3 Å². The molecule has 0 aliphatic carbocycles. The van der Waals surface area contributed by atoms with Gasteiger partial charge in [0, 0.05) is 11.3 Å². The van der Waals surface area contributed by atoms with Crippen LogP contribution in [0.4, 0.5) is 5.69 Å². The summed E-state index contributed by atoms with van der Waals surface area (Å²) >= 11 is 0. The molecule has 7 heteroatoms.